The third-order valence-corrected chi connectivity index (χ3v) is 6.97. The Kier molecular flexibility index (Phi) is 7.56. The fourth-order valence-electron chi connectivity index (χ4n) is 3.90. The number of nitrogens with one attached hydrogen (secondary N) is 2. The summed E-state index contributed by atoms with van der Waals surface area (Å²) in [6, 6.07) is 16.9. The molecule has 0 saturated heterocycles. The summed E-state index contributed by atoms with van der Waals surface area (Å²) in [4.78, 5) is 13.4. The first-order valence-electron chi connectivity index (χ1n) is 10.7. The number of anilines is 1. The molecular weight excluding hydrogens is 436 g/mol. The second kappa shape index (κ2) is 10.2. The van der Waals surface area contributed by atoms with Gasteiger partial charge in [0.2, 0.25) is 15.9 Å². The number of rotatable bonds is 8. The molecule has 0 radical (unpaired) electrons. The lowest BCUT2D eigenvalue weighted by molar-refractivity contribution is -0.117. The summed E-state index contributed by atoms with van der Waals surface area (Å²) < 4.78 is 34.2. The zero-order valence-electron chi connectivity index (χ0n) is 19.6. The van der Waals surface area contributed by atoms with Crippen molar-refractivity contribution in [3.63, 3.8) is 0 Å². The Labute approximate surface area is 196 Å². The molecule has 0 aliphatic carbocycles. The number of aryl methyl sites for hydroxylation is 4. The van der Waals surface area contributed by atoms with E-state index in [9.17, 15) is 13.2 Å². The number of carbonyl (C=O) groups is 1. The van der Waals surface area contributed by atoms with E-state index in [-0.39, 0.29) is 11.3 Å². The SMILES string of the molecule is COc1ccc(S(=O)(=O)NC(Cc2ccccc2)C(=O)Nc2c(C)cc(C)cc2C)cc1C. The molecule has 6 nitrogen and oxygen atoms in total. The minimum atomic E-state index is -3.96. The first-order valence-corrected chi connectivity index (χ1v) is 12.2. The van der Waals surface area contributed by atoms with Gasteiger partial charge in [0.15, 0.2) is 0 Å². The maximum absolute atomic E-state index is 13.3. The van der Waals surface area contributed by atoms with Crippen LogP contribution in [0.5, 0.6) is 5.75 Å². The standard InChI is InChI=1S/C26H30N2O4S/c1-17-13-19(3)25(20(4)14-17)27-26(29)23(16-21-9-7-6-8-10-21)28-33(30,31)22-11-12-24(32-5)18(2)15-22/h6-15,23,28H,16H2,1-5H3,(H,27,29). The second-order valence-corrected chi connectivity index (χ2v) is 9.97. The Morgan fingerprint density at radius 1 is 0.909 bits per heavy atom. The van der Waals surface area contributed by atoms with Crippen LogP contribution in [-0.4, -0.2) is 27.5 Å². The van der Waals surface area contributed by atoms with Gasteiger partial charge in [-0.05, 0) is 74.6 Å². The first kappa shape index (κ1) is 24.5. The second-order valence-electron chi connectivity index (χ2n) is 8.26. The molecule has 3 aromatic carbocycles. The first-order chi connectivity index (χ1) is 15.6. The third kappa shape index (κ3) is 6.00. The van der Waals surface area contributed by atoms with Crippen LogP contribution in [0.2, 0.25) is 0 Å². The van der Waals surface area contributed by atoms with Crippen LogP contribution in [0, 0.1) is 27.7 Å². The molecule has 0 bridgehead atoms. The number of sulfonamides is 1. The molecule has 0 aromatic heterocycles. The summed E-state index contributed by atoms with van der Waals surface area (Å²) in [6.45, 7) is 7.61. The Hall–Kier alpha value is -3.16. The molecule has 0 aliphatic rings. The van der Waals surface area contributed by atoms with Crippen molar-refractivity contribution in [2.45, 2.75) is 45.1 Å². The van der Waals surface area contributed by atoms with Crippen LogP contribution >= 0.6 is 0 Å². The highest BCUT2D eigenvalue weighted by molar-refractivity contribution is 7.89. The molecule has 2 N–H and O–H groups in total. The van der Waals surface area contributed by atoms with E-state index in [1.165, 1.54) is 19.2 Å². The van der Waals surface area contributed by atoms with E-state index in [2.05, 4.69) is 10.0 Å². The molecule has 0 saturated carbocycles. The quantitative estimate of drug-likeness (QED) is 0.513. The summed E-state index contributed by atoms with van der Waals surface area (Å²) >= 11 is 0. The molecule has 0 aliphatic heterocycles. The van der Waals surface area contributed by atoms with Crippen molar-refractivity contribution in [1.29, 1.82) is 0 Å². The fourth-order valence-corrected chi connectivity index (χ4v) is 5.18. The van der Waals surface area contributed by atoms with Gasteiger partial charge in [-0.25, -0.2) is 8.42 Å². The van der Waals surface area contributed by atoms with Crippen molar-refractivity contribution in [3.8, 4) is 5.75 Å². The lowest BCUT2D eigenvalue weighted by Crippen LogP contribution is -2.45. The number of carbonyl (C=O) groups excluding carboxylic acids is 1. The highest BCUT2D eigenvalue weighted by atomic mass is 32.2. The molecule has 33 heavy (non-hydrogen) atoms. The predicted molar refractivity (Wildman–Crippen MR) is 131 cm³/mol. The van der Waals surface area contributed by atoms with E-state index in [1.54, 1.807) is 13.0 Å². The average Bonchev–Trinajstić information content (AvgIpc) is 2.76. The van der Waals surface area contributed by atoms with Crippen LogP contribution in [0.1, 0.15) is 27.8 Å². The average molecular weight is 467 g/mol. The molecule has 3 rings (SSSR count). The van der Waals surface area contributed by atoms with E-state index in [0.29, 0.717) is 17.0 Å². The fraction of sp³-hybridized carbons (Fsp3) is 0.269. The van der Waals surface area contributed by atoms with Gasteiger partial charge in [0.1, 0.15) is 11.8 Å². The van der Waals surface area contributed by atoms with Crippen molar-refractivity contribution < 1.29 is 17.9 Å². The van der Waals surface area contributed by atoms with Gasteiger partial charge in [0.05, 0.1) is 12.0 Å². The number of methoxy groups -OCH3 is 1. The maximum atomic E-state index is 13.3. The van der Waals surface area contributed by atoms with Crippen LogP contribution in [-0.2, 0) is 21.2 Å². The highest BCUT2D eigenvalue weighted by Gasteiger charge is 2.27. The van der Waals surface area contributed by atoms with Gasteiger partial charge in [0.25, 0.3) is 0 Å². The van der Waals surface area contributed by atoms with E-state index in [1.807, 2.05) is 63.2 Å². The van der Waals surface area contributed by atoms with E-state index in [0.717, 1.165) is 22.3 Å². The molecule has 0 spiro atoms. The van der Waals surface area contributed by atoms with Gasteiger partial charge < -0.3 is 10.1 Å². The van der Waals surface area contributed by atoms with Gasteiger partial charge in [0, 0.05) is 5.69 Å². The Balaban J connectivity index is 1.92. The zero-order valence-corrected chi connectivity index (χ0v) is 20.4. The van der Waals surface area contributed by atoms with Crippen LogP contribution < -0.4 is 14.8 Å². The highest BCUT2D eigenvalue weighted by Crippen LogP contribution is 2.24. The van der Waals surface area contributed by atoms with Gasteiger partial charge in [-0.1, -0.05) is 48.0 Å². The molecule has 0 fully saturated rings. The smallest absolute Gasteiger partial charge is 0.242 e. The Bertz CT molecular complexity index is 1230. The summed E-state index contributed by atoms with van der Waals surface area (Å²) in [7, 11) is -2.43. The number of ether oxygens (including phenoxy) is 1. The molecule has 3 aromatic rings. The van der Waals surface area contributed by atoms with Crippen LogP contribution in [0.4, 0.5) is 5.69 Å². The summed E-state index contributed by atoms with van der Waals surface area (Å²) in [6.07, 6.45) is 0.213. The molecule has 1 amide bonds. The number of hydrogen-bond donors (Lipinski definition) is 2. The molecule has 7 heteroatoms. The van der Waals surface area contributed by atoms with Crippen LogP contribution in [0.25, 0.3) is 0 Å². The molecule has 174 valence electrons. The van der Waals surface area contributed by atoms with E-state index in [4.69, 9.17) is 4.74 Å². The molecule has 1 atom stereocenters. The van der Waals surface area contributed by atoms with Gasteiger partial charge in [-0.2, -0.15) is 4.72 Å². The zero-order chi connectivity index (χ0) is 24.2. The Morgan fingerprint density at radius 2 is 1.55 bits per heavy atom. The topological polar surface area (TPSA) is 84.5 Å². The molecule has 0 heterocycles. The van der Waals surface area contributed by atoms with E-state index < -0.39 is 22.0 Å². The monoisotopic (exact) mass is 466 g/mol. The molecule has 1 unspecified atom stereocenters. The van der Waals surface area contributed by atoms with Crippen LogP contribution in [0.15, 0.2) is 65.6 Å². The normalized spacial score (nSPS) is 12.3. The van der Waals surface area contributed by atoms with Crippen molar-refractivity contribution in [2.24, 2.45) is 0 Å². The number of hydrogen-bond acceptors (Lipinski definition) is 4. The molecular formula is C26H30N2O4S. The van der Waals surface area contributed by atoms with Crippen molar-refractivity contribution in [1.82, 2.24) is 4.72 Å². The van der Waals surface area contributed by atoms with Crippen molar-refractivity contribution in [2.75, 3.05) is 12.4 Å². The third-order valence-electron chi connectivity index (χ3n) is 5.50. The van der Waals surface area contributed by atoms with Crippen molar-refractivity contribution >= 4 is 21.6 Å². The largest absolute Gasteiger partial charge is 0.496 e. The number of amides is 1. The lowest BCUT2D eigenvalue weighted by Gasteiger charge is -2.21. The van der Waals surface area contributed by atoms with Crippen LogP contribution in [0.3, 0.4) is 0 Å². The lowest BCUT2D eigenvalue weighted by atomic mass is 10.0. The maximum Gasteiger partial charge on any atom is 0.242 e. The Morgan fingerprint density at radius 3 is 2.12 bits per heavy atom. The number of benzene rings is 3. The minimum absolute atomic E-state index is 0.0781. The minimum Gasteiger partial charge on any atom is -0.496 e. The van der Waals surface area contributed by atoms with Gasteiger partial charge in [-0.15, -0.1) is 0 Å². The summed E-state index contributed by atoms with van der Waals surface area (Å²) in [5.41, 5.74) is 5.18. The summed E-state index contributed by atoms with van der Waals surface area (Å²) in [5.74, 6) is 0.181. The predicted octanol–water partition coefficient (Wildman–Crippen LogP) is 4.46. The van der Waals surface area contributed by atoms with E-state index >= 15 is 0 Å². The van der Waals surface area contributed by atoms with Crippen molar-refractivity contribution in [3.05, 3.63) is 88.5 Å². The summed E-state index contributed by atoms with van der Waals surface area (Å²) in [5, 5.41) is 2.94. The van der Waals surface area contributed by atoms with Gasteiger partial charge in [-0.3, -0.25) is 4.79 Å². The van der Waals surface area contributed by atoms with Gasteiger partial charge >= 0.3 is 0 Å².